The molecule has 0 spiro atoms. The summed E-state index contributed by atoms with van der Waals surface area (Å²) in [6.07, 6.45) is 0. The largest absolute Gasteiger partial charge is 0.439 e. The average molecular weight is 289 g/mol. The number of halogens is 1. The molecule has 0 aliphatic heterocycles. The van der Waals surface area contributed by atoms with E-state index in [1.807, 2.05) is 25.1 Å². The monoisotopic (exact) mass is 288 g/mol. The van der Waals surface area contributed by atoms with Crippen LogP contribution in [-0.2, 0) is 0 Å². The highest BCUT2D eigenvalue weighted by molar-refractivity contribution is 9.10. The van der Waals surface area contributed by atoms with Crippen LogP contribution in [-0.4, -0.2) is 4.98 Å². The van der Waals surface area contributed by atoms with Gasteiger partial charge in [0.1, 0.15) is 10.4 Å². The summed E-state index contributed by atoms with van der Waals surface area (Å²) in [5.74, 6) is 1.15. The highest BCUT2D eigenvalue weighted by Gasteiger charge is 2.04. The fraction of sp³-hybridized carbons (Fsp3) is 0.0769. The molecule has 0 bridgehead atoms. The first kappa shape index (κ1) is 11.6. The second-order valence-corrected chi connectivity index (χ2v) is 4.31. The standard InChI is InChI=1S/C13H9BrN2O/c1-9-5-6-10(8-15)7-11(9)17-13-4-2-3-12(14)16-13/h2-7H,1H3. The Morgan fingerprint density at radius 3 is 2.82 bits per heavy atom. The Bertz CT molecular complexity index is 590. The first-order valence-electron chi connectivity index (χ1n) is 5.00. The van der Waals surface area contributed by atoms with Crippen LogP contribution in [0.1, 0.15) is 11.1 Å². The minimum absolute atomic E-state index is 0.498. The van der Waals surface area contributed by atoms with Crippen molar-refractivity contribution >= 4 is 15.9 Å². The highest BCUT2D eigenvalue weighted by atomic mass is 79.9. The van der Waals surface area contributed by atoms with Crippen molar-refractivity contribution in [2.75, 3.05) is 0 Å². The maximum Gasteiger partial charge on any atom is 0.220 e. The van der Waals surface area contributed by atoms with Gasteiger partial charge in [0.05, 0.1) is 11.6 Å². The van der Waals surface area contributed by atoms with E-state index in [2.05, 4.69) is 27.0 Å². The molecule has 2 rings (SSSR count). The van der Waals surface area contributed by atoms with Gasteiger partial charge < -0.3 is 4.74 Å². The molecule has 3 nitrogen and oxygen atoms in total. The molecule has 0 fully saturated rings. The lowest BCUT2D eigenvalue weighted by Gasteiger charge is -2.07. The van der Waals surface area contributed by atoms with Gasteiger partial charge >= 0.3 is 0 Å². The summed E-state index contributed by atoms with van der Waals surface area (Å²) in [4.78, 5) is 4.18. The number of ether oxygens (including phenoxy) is 1. The lowest BCUT2D eigenvalue weighted by Crippen LogP contribution is -1.91. The summed E-state index contributed by atoms with van der Waals surface area (Å²) < 4.78 is 6.35. The average Bonchev–Trinajstić information content (AvgIpc) is 2.32. The molecule has 1 aromatic carbocycles. The van der Waals surface area contributed by atoms with E-state index in [-0.39, 0.29) is 0 Å². The normalized spacial score (nSPS) is 9.71. The van der Waals surface area contributed by atoms with Gasteiger partial charge in [-0.1, -0.05) is 12.1 Å². The van der Waals surface area contributed by atoms with Gasteiger partial charge in [0.25, 0.3) is 0 Å². The number of nitrogens with zero attached hydrogens (tertiary/aromatic N) is 2. The number of aryl methyl sites for hydroxylation is 1. The Labute approximate surface area is 108 Å². The molecule has 0 aliphatic carbocycles. The van der Waals surface area contributed by atoms with Crippen molar-refractivity contribution < 1.29 is 4.74 Å². The van der Waals surface area contributed by atoms with Crippen molar-refractivity contribution in [3.63, 3.8) is 0 Å². The predicted molar refractivity (Wildman–Crippen MR) is 67.9 cm³/mol. The number of aromatic nitrogens is 1. The van der Waals surface area contributed by atoms with Gasteiger partial charge in [0, 0.05) is 6.07 Å². The molecule has 2 aromatic rings. The minimum Gasteiger partial charge on any atom is -0.439 e. The molecular formula is C13H9BrN2O. The molecule has 4 heteroatoms. The van der Waals surface area contributed by atoms with E-state index in [9.17, 15) is 0 Å². The summed E-state index contributed by atoms with van der Waals surface area (Å²) in [7, 11) is 0. The smallest absolute Gasteiger partial charge is 0.220 e. The molecule has 1 heterocycles. The van der Waals surface area contributed by atoms with E-state index in [1.165, 1.54) is 0 Å². The van der Waals surface area contributed by atoms with Gasteiger partial charge in [-0.3, -0.25) is 0 Å². The van der Waals surface area contributed by atoms with Crippen LogP contribution in [0.25, 0.3) is 0 Å². The third-order valence-electron chi connectivity index (χ3n) is 2.22. The predicted octanol–water partition coefficient (Wildman–Crippen LogP) is 3.82. The summed E-state index contributed by atoms with van der Waals surface area (Å²) >= 11 is 3.28. The second kappa shape index (κ2) is 4.98. The zero-order chi connectivity index (χ0) is 12.3. The Morgan fingerprint density at radius 1 is 1.29 bits per heavy atom. The first-order chi connectivity index (χ1) is 8.19. The minimum atomic E-state index is 0.498. The van der Waals surface area contributed by atoms with Crippen LogP contribution in [0.3, 0.4) is 0 Å². The zero-order valence-electron chi connectivity index (χ0n) is 9.14. The van der Waals surface area contributed by atoms with Crippen molar-refractivity contribution in [2.45, 2.75) is 6.92 Å². The van der Waals surface area contributed by atoms with Gasteiger partial charge in [-0.15, -0.1) is 0 Å². The molecule has 0 saturated heterocycles. The number of pyridine rings is 1. The lowest BCUT2D eigenvalue weighted by atomic mass is 10.1. The van der Waals surface area contributed by atoms with Gasteiger partial charge in [-0.25, -0.2) is 4.98 Å². The molecule has 17 heavy (non-hydrogen) atoms. The fourth-order valence-electron chi connectivity index (χ4n) is 1.34. The van der Waals surface area contributed by atoms with Crippen LogP contribution >= 0.6 is 15.9 Å². The Balaban J connectivity index is 2.33. The van der Waals surface area contributed by atoms with Crippen LogP contribution in [0, 0.1) is 18.3 Å². The van der Waals surface area contributed by atoms with E-state index in [4.69, 9.17) is 10.00 Å². The maximum atomic E-state index is 8.83. The highest BCUT2D eigenvalue weighted by Crippen LogP contribution is 2.25. The molecule has 0 radical (unpaired) electrons. The molecule has 0 amide bonds. The molecule has 0 unspecified atom stereocenters. The molecule has 0 atom stereocenters. The van der Waals surface area contributed by atoms with Crippen molar-refractivity contribution in [1.29, 1.82) is 5.26 Å². The van der Waals surface area contributed by atoms with Crippen molar-refractivity contribution in [2.24, 2.45) is 0 Å². The maximum absolute atomic E-state index is 8.83. The summed E-state index contributed by atoms with van der Waals surface area (Å²) in [5, 5.41) is 8.83. The van der Waals surface area contributed by atoms with Crippen molar-refractivity contribution in [1.82, 2.24) is 4.98 Å². The number of rotatable bonds is 2. The topological polar surface area (TPSA) is 45.9 Å². The van der Waals surface area contributed by atoms with Crippen molar-refractivity contribution in [3.8, 4) is 17.7 Å². The molecule has 0 saturated carbocycles. The van der Waals surface area contributed by atoms with Gasteiger partial charge in [0.2, 0.25) is 5.88 Å². The van der Waals surface area contributed by atoms with Crippen LogP contribution in [0.5, 0.6) is 11.6 Å². The van der Waals surface area contributed by atoms with Gasteiger partial charge in [-0.05, 0) is 46.6 Å². The summed E-state index contributed by atoms with van der Waals surface area (Å²) in [6.45, 7) is 1.93. The quantitative estimate of drug-likeness (QED) is 0.789. The number of hydrogen-bond acceptors (Lipinski definition) is 3. The number of benzene rings is 1. The lowest BCUT2D eigenvalue weighted by molar-refractivity contribution is 0.458. The summed E-state index contributed by atoms with van der Waals surface area (Å²) in [6, 6.07) is 12.8. The molecule has 84 valence electrons. The first-order valence-corrected chi connectivity index (χ1v) is 5.79. The van der Waals surface area contributed by atoms with Crippen LogP contribution in [0.2, 0.25) is 0 Å². The van der Waals surface area contributed by atoms with Gasteiger partial charge in [-0.2, -0.15) is 5.26 Å². The van der Waals surface area contributed by atoms with Gasteiger partial charge in [0.15, 0.2) is 0 Å². The van der Waals surface area contributed by atoms with Crippen LogP contribution in [0.15, 0.2) is 41.0 Å². The Hall–Kier alpha value is -1.86. The Morgan fingerprint density at radius 2 is 2.12 bits per heavy atom. The number of hydrogen-bond donors (Lipinski definition) is 0. The van der Waals surface area contributed by atoms with E-state index in [0.29, 0.717) is 21.8 Å². The molecule has 0 N–H and O–H groups in total. The SMILES string of the molecule is Cc1ccc(C#N)cc1Oc1cccc(Br)n1. The van der Waals surface area contributed by atoms with E-state index in [0.717, 1.165) is 5.56 Å². The van der Waals surface area contributed by atoms with E-state index < -0.39 is 0 Å². The Kier molecular flexibility index (Phi) is 3.40. The third-order valence-corrected chi connectivity index (χ3v) is 2.66. The fourth-order valence-corrected chi connectivity index (χ4v) is 1.67. The zero-order valence-corrected chi connectivity index (χ0v) is 10.7. The van der Waals surface area contributed by atoms with Crippen LogP contribution in [0.4, 0.5) is 0 Å². The third kappa shape index (κ3) is 2.83. The molecule has 0 aliphatic rings. The van der Waals surface area contributed by atoms with Crippen LogP contribution < -0.4 is 4.74 Å². The molecular weight excluding hydrogens is 280 g/mol. The molecule has 1 aromatic heterocycles. The van der Waals surface area contributed by atoms with E-state index >= 15 is 0 Å². The summed E-state index contributed by atoms with van der Waals surface area (Å²) in [5.41, 5.74) is 1.53. The second-order valence-electron chi connectivity index (χ2n) is 3.49. The van der Waals surface area contributed by atoms with E-state index in [1.54, 1.807) is 18.2 Å². The van der Waals surface area contributed by atoms with Crippen molar-refractivity contribution in [3.05, 3.63) is 52.1 Å². The number of nitriles is 1.